The molecule has 0 atom stereocenters. The molecule has 1 aliphatic rings. The van der Waals surface area contributed by atoms with Crippen molar-refractivity contribution >= 4 is 24.1 Å². The van der Waals surface area contributed by atoms with Gasteiger partial charge in [-0.2, -0.15) is 13.2 Å². The molecule has 4 rings (SSSR count). The molecule has 0 radical (unpaired) electrons. The number of benzene rings is 2. The zero-order chi connectivity index (χ0) is 32.0. The highest BCUT2D eigenvalue weighted by Gasteiger charge is 2.34. The van der Waals surface area contributed by atoms with E-state index in [9.17, 15) is 13.2 Å². The Kier molecular flexibility index (Phi) is 13.8. The van der Waals surface area contributed by atoms with Crippen LogP contribution in [-0.2, 0) is 17.5 Å². The van der Waals surface area contributed by atoms with E-state index in [0.717, 1.165) is 26.2 Å². The Balaban J connectivity index is 0.00000155. The molecule has 43 heavy (non-hydrogen) atoms. The number of nitrogens with zero attached hydrogens (tertiary/aromatic N) is 4. The molecule has 0 unspecified atom stereocenters. The van der Waals surface area contributed by atoms with E-state index < -0.39 is 11.7 Å². The molecule has 2 heterocycles. The van der Waals surface area contributed by atoms with Crippen LogP contribution in [0, 0.1) is 17.3 Å². The molecule has 9 nitrogen and oxygen atoms in total. The highest BCUT2D eigenvalue weighted by atomic mass is 19.4. The number of hydrogen-bond acceptors (Lipinski definition) is 9. The third-order valence-electron chi connectivity index (χ3n) is 6.61. The Morgan fingerprint density at radius 3 is 2.33 bits per heavy atom. The Bertz CT molecular complexity index is 1410. The number of anilines is 2. The zero-order valence-electron chi connectivity index (χ0n) is 25.0. The van der Waals surface area contributed by atoms with Crippen LogP contribution >= 0.6 is 0 Å². The second kappa shape index (κ2) is 17.0. The Morgan fingerprint density at radius 2 is 1.70 bits per heavy atom. The van der Waals surface area contributed by atoms with E-state index >= 15 is 0 Å². The van der Waals surface area contributed by atoms with Gasteiger partial charge in [0.25, 0.3) is 0 Å². The highest BCUT2D eigenvalue weighted by Crippen LogP contribution is 2.36. The molecule has 230 valence electrons. The number of aromatic nitrogens is 2. The van der Waals surface area contributed by atoms with E-state index in [1.54, 1.807) is 43.4 Å². The van der Waals surface area contributed by atoms with Gasteiger partial charge in [-0.05, 0) is 61.8 Å². The molecule has 5 N–H and O–H groups in total. The van der Waals surface area contributed by atoms with Crippen molar-refractivity contribution in [3.05, 3.63) is 71.0 Å². The number of piperazine rings is 1. The molecule has 3 aromatic rings. The number of alkyl halides is 3. The number of carbonyl (C=O) groups excluding carboxylic acids is 1. The lowest BCUT2D eigenvalue weighted by molar-refractivity contribution is -0.138. The van der Waals surface area contributed by atoms with Gasteiger partial charge in [0.05, 0.1) is 11.1 Å². The predicted octanol–water partition coefficient (Wildman–Crippen LogP) is 4.19. The van der Waals surface area contributed by atoms with Gasteiger partial charge >= 0.3 is 6.18 Å². The third kappa shape index (κ3) is 9.61. The molecule has 2 aromatic carbocycles. The number of nitrogens with two attached hydrogens (primary N) is 1. The number of likely N-dealkylation sites (N-methyl/N-ethyl adjacent to an activating group) is 1. The number of hydrogen-bond donors (Lipinski definition) is 4. The summed E-state index contributed by atoms with van der Waals surface area (Å²) in [5.74, 6) is 6.79. The van der Waals surface area contributed by atoms with Gasteiger partial charge in [0.15, 0.2) is 0 Å². The van der Waals surface area contributed by atoms with Crippen molar-refractivity contribution in [3.63, 3.8) is 0 Å². The zero-order valence-corrected chi connectivity index (χ0v) is 25.0. The summed E-state index contributed by atoms with van der Waals surface area (Å²) in [4.78, 5) is 20.6. The van der Waals surface area contributed by atoms with Crippen molar-refractivity contribution in [2.24, 2.45) is 5.73 Å². The molecule has 1 fully saturated rings. The fourth-order valence-corrected chi connectivity index (χ4v) is 4.49. The molecule has 1 saturated heterocycles. The van der Waals surface area contributed by atoms with Crippen LogP contribution in [0.4, 0.5) is 24.8 Å². The van der Waals surface area contributed by atoms with E-state index in [0.29, 0.717) is 40.4 Å². The van der Waals surface area contributed by atoms with Crippen LogP contribution in [0.1, 0.15) is 29.2 Å². The quantitative estimate of drug-likeness (QED) is 0.237. The van der Waals surface area contributed by atoms with Crippen molar-refractivity contribution in [1.29, 1.82) is 5.41 Å². The molecule has 0 saturated carbocycles. The van der Waals surface area contributed by atoms with Gasteiger partial charge in [-0.15, -0.1) is 0 Å². The lowest BCUT2D eigenvalue weighted by Gasteiger charge is -2.33. The number of halogens is 3. The van der Waals surface area contributed by atoms with Gasteiger partial charge in [-0.1, -0.05) is 30.2 Å². The van der Waals surface area contributed by atoms with Crippen molar-refractivity contribution in [3.8, 4) is 23.0 Å². The van der Waals surface area contributed by atoms with Crippen LogP contribution in [0.3, 0.4) is 0 Å². The van der Waals surface area contributed by atoms with Gasteiger partial charge in [-0.25, -0.2) is 9.97 Å². The maximum Gasteiger partial charge on any atom is 0.416 e. The second-order valence-electron chi connectivity index (χ2n) is 9.38. The van der Waals surface area contributed by atoms with Crippen LogP contribution in [0.5, 0.6) is 0 Å². The molecule has 0 bridgehead atoms. The summed E-state index contributed by atoms with van der Waals surface area (Å²) in [6, 6.07) is 11.6. The summed E-state index contributed by atoms with van der Waals surface area (Å²) in [7, 11) is 5.22. The van der Waals surface area contributed by atoms with Gasteiger partial charge in [0, 0.05) is 51.9 Å². The Labute approximate surface area is 251 Å². The molecule has 0 amide bonds. The van der Waals surface area contributed by atoms with E-state index in [4.69, 9.17) is 10.2 Å². The lowest BCUT2D eigenvalue weighted by atomic mass is 9.97. The van der Waals surface area contributed by atoms with E-state index in [-0.39, 0.29) is 17.8 Å². The monoisotopic (exact) mass is 596 g/mol. The maximum absolute atomic E-state index is 14.1. The second-order valence-corrected chi connectivity index (χ2v) is 9.38. The maximum atomic E-state index is 14.1. The minimum atomic E-state index is -4.46. The molecule has 12 heteroatoms. The van der Waals surface area contributed by atoms with Crippen molar-refractivity contribution in [2.45, 2.75) is 19.6 Å². The molecule has 1 aromatic heterocycles. The molecular weight excluding hydrogens is 557 g/mol. The molecule has 0 aliphatic carbocycles. The van der Waals surface area contributed by atoms with E-state index in [1.807, 2.05) is 20.8 Å². The summed E-state index contributed by atoms with van der Waals surface area (Å²) in [5, 5.41) is 14.6. The first-order chi connectivity index (χ1) is 20.7. The first kappa shape index (κ1) is 34.9. The smallest absolute Gasteiger partial charge is 0.372 e. The summed E-state index contributed by atoms with van der Waals surface area (Å²) in [5.41, 5.74) is 6.31. The Hall–Kier alpha value is -4.31. The summed E-state index contributed by atoms with van der Waals surface area (Å²) < 4.78 is 42.2. The summed E-state index contributed by atoms with van der Waals surface area (Å²) >= 11 is 0. The van der Waals surface area contributed by atoms with Crippen molar-refractivity contribution < 1.29 is 18.0 Å². The molecule has 1 aliphatic heterocycles. The van der Waals surface area contributed by atoms with Crippen LogP contribution in [0.15, 0.2) is 48.8 Å². The average Bonchev–Trinajstić information content (AvgIpc) is 3.02. The van der Waals surface area contributed by atoms with Gasteiger partial charge < -0.3 is 26.1 Å². The third-order valence-corrected chi connectivity index (χ3v) is 6.61. The topological polar surface area (TPSA) is 123 Å². The van der Waals surface area contributed by atoms with Gasteiger partial charge in [0.1, 0.15) is 30.5 Å². The largest absolute Gasteiger partial charge is 0.416 e. The first-order valence-electron chi connectivity index (χ1n) is 13.6. The summed E-state index contributed by atoms with van der Waals surface area (Å²) in [6.45, 7) is 7.98. The van der Waals surface area contributed by atoms with Crippen molar-refractivity contribution in [2.75, 3.05) is 64.5 Å². The predicted molar refractivity (Wildman–Crippen MR) is 166 cm³/mol. The molecular formula is C31H39F3N8O. The fourth-order valence-electron chi connectivity index (χ4n) is 4.49. The number of rotatable bonds is 7. The minimum Gasteiger partial charge on any atom is -0.372 e. The minimum absolute atomic E-state index is 0.0221. The Morgan fingerprint density at radius 1 is 1.05 bits per heavy atom. The van der Waals surface area contributed by atoms with E-state index in [1.165, 1.54) is 19.4 Å². The lowest BCUT2D eigenvalue weighted by Crippen LogP contribution is -2.44. The first-order valence-corrected chi connectivity index (χ1v) is 13.6. The normalized spacial score (nSPS) is 13.3. The van der Waals surface area contributed by atoms with Crippen LogP contribution in [0.2, 0.25) is 0 Å². The van der Waals surface area contributed by atoms with Crippen molar-refractivity contribution in [1.82, 2.24) is 19.8 Å². The highest BCUT2D eigenvalue weighted by molar-refractivity contribution is 6.16. The van der Waals surface area contributed by atoms with Crippen LogP contribution < -0.4 is 16.4 Å². The number of carbonyl (C=O) groups is 1. The SMILES string of the molecule is C=O.CCNc1ncnc(NC)c1C(=N)C#Cc1cccc(-c2ccc(CN3CCN(C)CC3)c(C(F)(F)F)c2)c1.CN. The average molecular weight is 597 g/mol. The van der Waals surface area contributed by atoms with E-state index in [2.05, 4.69) is 48.0 Å². The molecule has 0 spiro atoms. The number of nitrogens with one attached hydrogen (secondary N) is 3. The fraction of sp³-hybridized carbons (Fsp3) is 0.355. The summed E-state index contributed by atoms with van der Waals surface area (Å²) in [6.07, 6.45) is -3.06. The van der Waals surface area contributed by atoms with Gasteiger partial charge in [0.2, 0.25) is 0 Å². The van der Waals surface area contributed by atoms with Crippen LogP contribution in [-0.4, -0.2) is 86.1 Å². The van der Waals surface area contributed by atoms with Crippen LogP contribution in [0.25, 0.3) is 11.1 Å². The van der Waals surface area contributed by atoms with Gasteiger partial charge in [-0.3, -0.25) is 10.3 Å². The standard InChI is InChI=1S/C29H32F3N7.CH5N.CH2O/c1-4-35-28-26(27(34-2)36-19-37-28)25(33)11-8-20-6-5-7-21(16-20)22-9-10-23(24(17-22)29(30,31)32)18-39-14-12-38(3)13-15-39;2*1-2/h5-7,9-10,16-17,19,33H,4,12-15,18H2,1-3H3,(H2,34,35,36,37);2H2,1H3;1H2.